The van der Waals surface area contributed by atoms with Gasteiger partial charge in [-0.2, -0.15) is 0 Å². The van der Waals surface area contributed by atoms with Crippen LogP contribution in [0.25, 0.3) is 10.9 Å². The van der Waals surface area contributed by atoms with E-state index in [1.54, 1.807) is 12.3 Å². The molecule has 1 aromatic heterocycles. The molecule has 1 aromatic carbocycles. The zero-order chi connectivity index (χ0) is 10.8. The summed E-state index contributed by atoms with van der Waals surface area (Å²) in [6, 6.07) is 7.45. The van der Waals surface area contributed by atoms with Gasteiger partial charge in [0, 0.05) is 17.3 Å². The number of fused-ring (bicyclic) bond motifs is 1. The molecule has 4 heteroatoms. The van der Waals surface area contributed by atoms with Crippen LogP contribution in [0.15, 0.2) is 30.5 Å². The minimum absolute atomic E-state index is 0.0598. The Morgan fingerprint density at radius 1 is 1.40 bits per heavy atom. The molecule has 0 amide bonds. The van der Waals surface area contributed by atoms with E-state index in [-0.39, 0.29) is 5.75 Å². The van der Waals surface area contributed by atoms with Crippen LogP contribution in [-0.4, -0.2) is 13.7 Å². The van der Waals surface area contributed by atoms with Crippen LogP contribution >= 0.6 is 0 Å². The number of aromatic nitrogens is 1. The highest BCUT2D eigenvalue weighted by molar-refractivity contribution is 7.78. The number of aryl methyl sites for hydroxylation is 1. The summed E-state index contributed by atoms with van der Waals surface area (Å²) < 4.78 is 21.1. The quantitative estimate of drug-likeness (QED) is 0.726. The van der Waals surface area contributed by atoms with Crippen molar-refractivity contribution in [2.24, 2.45) is 0 Å². The Labute approximate surface area is 90.4 Å². The van der Waals surface area contributed by atoms with E-state index in [1.807, 2.05) is 25.1 Å². The van der Waals surface area contributed by atoms with Crippen molar-refractivity contribution in [3.05, 3.63) is 41.6 Å². The highest BCUT2D eigenvalue weighted by atomic mass is 32.2. The maximum absolute atomic E-state index is 10.6. The first-order valence-corrected chi connectivity index (χ1v) is 5.81. The summed E-state index contributed by atoms with van der Waals surface area (Å²) >= 11 is -2.04. The number of rotatable bonds is 2. The molecular formula is C11H10NO2S-. The highest BCUT2D eigenvalue weighted by Crippen LogP contribution is 2.18. The fourth-order valence-electron chi connectivity index (χ4n) is 1.56. The average Bonchev–Trinajstić information content (AvgIpc) is 2.18. The molecule has 0 fully saturated rings. The van der Waals surface area contributed by atoms with Crippen LogP contribution in [0.2, 0.25) is 0 Å². The molecule has 1 atom stereocenters. The Balaban J connectivity index is 2.54. The van der Waals surface area contributed by atoms with Gasteiger partial charge in [-0.3, -0.25) is 9.19 Å². The Bertz CT molecular complexity index is 525. The number of hydrogen-bond acceptors (Lipinski definition) is 3. The molecule has 0 saturated heterocycles. The number of pyridine rings is 1. The minimum atomic E-state index is -2.04. The van der Waals surface area contributed by atoms with Gasteiger partial charge < -0.3 is 4.55 Å². The number of hydrogen-bond donors (Lipinski definition) is 0. The zero-order valence-electron chi connectivity index (χ0n) is 8.27. The summed E-state index contributed by atoms with van der Waals surface area (Å²) in [6.07, 6.45) is 1.75. The Morgan fingerprint density at radius 3 is 2.93 bits per heavy atom. The summed E-state index contributed by atoms with van der Waals surface area (Å²) in [4.78, 5) is 4.21. The zero-order valence-corrected chi connectivity index (χ0v) is 9.08. The SMILES string of the molecule is Cc1ccnc2ccc(CS(=O)[O-])cc12. The average molecular weight is 220 g/mol. The predicted molar refractivity (Wildman–Crippen MR) is 59.1 cm³/mol. The van der Waals surface area contributed by atoms with E-state index in [0.717, 1.165) is 22.0 Å². The van der Waals surface area contributed by atoms with Gasteiger partial charge in [0.15, 0.2) is 0 Å². The maximum atomic E-state index is 10.6. The first-order valence-electron chi connectivity index (χ1n) is 4.57. The van der Waals surface area contributed by atoms with E-state index in [1.165, 1.54) is 0 Å². The van der Waals surface area contributed by atoms with E-state index in [9.17, 15) is 8.76 Å². The number of benzene rings is 1. The van der Waals surface area contributed by atoms with Gasteiger partial charge in [0.25, 0.3) is 0 Å². The maximum Gasteiger partial charge on any atom is 0.0704 e. The third kappa shape index (κ3) is 2.22. The predicted octanol–water partition coefficient (Wildman–Crippen LogP) is 1.92. The van der Waals surface area contributed by atoms with Crippen molar-refractivity contribution < 1.29 is 8.76 Å². The van der Waals surface area contributed by atoms with E-state index < -0.39 is 11.1 Å². The van der Waals surface area contributed by atoms with Crippen molar-refractivity contribution in [3.63, 3.8) is 0 Å². The van der Waals surface area contributed by atoms with E-state index in [0.29, 0.717) is 0 Å². The first-order chi connectivity index (χ1) is 7.16. The van der Waals surface area contributed by atoms with Crippen LogP contribution in [0.5, 0.6) is 0 Å². The largest absolute Gasteiger partial charge is 0.772 e. The summed E-state index contributed by atoms with van der Waals surface area (Å²) in [7, 11) is 0. The van der Waals surface area contributed by atoms with Gasteiger partial charge in [-0.05, 0) is 36.2 Å². The van der Waals surface area contributed by atoms with Crippen LogP contribution < -0.4 is 0 Å². The molecule has 1 unspecified atom stereocenters. The lowest BCUT2D eigenvalue weighted by molar-refractivity contribution is 0.536. The second-order valence-corrected chi connectivity index (χ2v) is 4.32. The van der Waals surface area contributed by atoms with E-state index in [2.05, 4.69) is 4.98 Å². The molecule has 0 aliphatic heterocycles. The summed E-state index contributed by atoms with van der Waals surface area (Å²) in [6.45, 7) is 1.99. The molecule has 0 radical (unpaired) electrons. The van der Waals surface area contributed by atoms with Crippen molar-refractivity contribution >= 4 is 22.0 Å². The molecule has 3 nitrogen and oxygen atoms in total. The minimum Gasteiger partial charge on any atom is -0.772 e. The van der Waals surface area contributed by atoms with Crippen LogP contribution in [0.1, 0.15) is 11.1 Å². The van der Waals surface area contributed by atoms with Crippen LogP contribution in [0.3, 0.4) is 0 Å². The van der Waals surface area contributed by atoms with Gasteiger partial charge in [-0.15, -0.1) is 0 Å². The molecule has 2 rings (SSSR count). The molecule has 0 N–H and O–H groups in total. The third-order valence-electron chi connectivity index (χ3n) is 2.31. The highest BCUT2D eigenvalue weighted by Gasteiger charge is 2.00. The fourth-order valence-corrected chi connectivity index (χ4v) is 2.01. The van der Waals surface area contributed by atoms with E-state index in [4.69, 9.17) is 0 Å². The first kappa shape index (κ1) is 10.3. The summed E-state index contributed by atoms with van der Waals surface area (Å²) in [5.41, 5.74) is 2.81. The molecule has 78 valence electrons. The molecule has 0 bridgehead atoms. The molecule has 15 heavy (non-hydrogen) atoms. The second kappa shape index (κ2) is 4.08. The fraction of sp³-hybridized carbons (Fsp3) is 0.182. The second-order valence-electron chi connectivity index (χ2n) is 3.43. The Kier molecular flexibility index (Phi) is 2.79. The Morgan fingerprint density at radius 2 is 2.20 bits per heavy atom. The van der Waals surface area contributed by atoms with Crippen LogP contribution in [0.4, 0.5) is 0 Å². The summed E-state index contributed by atoms with van der Waals surface area (Å²) in [5.74, 6) is 0.0598. The molecule has 0 spiro atoms. The topological polar surface area (TPSA) is 53.0 Å². The molecular weight excluding hydrogens is 210 g/mol. The van der Waals surface area contributed by atoms with Gasteiger partial charge in [-0.25, -0.2) is 0 Å². The van der Waals surface area contributed by atoms with Crippen molar-refractivity contribution in [1.82, 2.24) is 4.98 Å². The normalized spacial score (nSPS) is 12.9. The molecule has 2 aromatic rings. The van der Waals surface area contributed by atoms with Crippen molar-refractivity contribution in [1.29, 1.82) is 0 Å². The smallest absolute Gasteiger partial charge is 0.0704 e. The van der Waals surface area contributed by atoms with Gasteiger partial charge >= 0.3 is 0 Å². The Hall–Kier alpha value is -1.26. The lowest BCUT2D eigenvalue weighted by Crippen LogP contribution is -1.94. The lowest BCUT2D eigenvalue weighted by Gasteiger charge is -2.07. The number of nitrogens with zero attached hydrogens (tertiary/aromatic N) is 1. The van der Waals surface area contributed by atoms with Gasteiger partial charge in [0.05, 0.1) is 5.52 Å². The molecule has 0 saturated carbocycles. The van der Waals surface area contributed by atoms with Gasteiger partial charge in [0.2, 0.25) is 0 Å². The lowest BCUT2D eigenvalue weighted by atomic mass is 10.1. The van der Waals surface area contributed by atoms with Crippen molar-refractivity contribution in [2.75, 3.05) is 0 Å². The monoisotopic (exact) mass is 220 g/mol. The van der Waals surface area contributed by atoms with Crippen LogP contribution in [-0.2, 0) is 16.8 Å². The van der Waals surface area contributed by atoms with Gasteiger partial charge in [-0.1, -0.05) is 17.1 Å². The van der Waals surface area contributed by atoms with Crippen LogP contribution in [0, 0.1) is 6.92 Å². The summed E-state index contributed by atoms with van der Waals surface area (Å²) in [5, 5.41) is 1.01. The van der Waals surface area contributed by atoms with Crippen molar-refractivity contribution in [2.45, 2.75) is 12.7 Å². The molecule has 1 heterocycles. The third-order valence-corrected chi connectivity index (χ3v) is 2.88. The molecule has 0 aliphatic rings. The van der Waals surface area contributed by atoms with Gasteiger partial charge in [0.1, 0.15) is 0 Å². The van der Waals surface area contributed by atoms with E-state index >= 15 is 0 Å². The standard InChI is InChI=1S/C11H11NO2S/c1-8-4-5-12-11-3-2-9(6-10(8)11)7-15(13)14/h2-6H,7H2,1H3,(H,13,14)/p-1. The molecule has 0 aliphatic carbocycles. The van der Waals surface area contributed by atoms with Crippen molar-refractivity contribution in [3.8, 4) is 0 Å².